The summed E-state index contributed by atoms with van der Waals surface area (Å²) in [5, 5.41) is 0. The number of allylic oxidation sites excluding steroid dienone is 1. The van der Waals surface area contributed by atoms with E-state index < -0.39 is 17.7 Å². The van der Waals surface area contributed by atoms with Crippen LogP contribution in [-0.2, 0) is 0 Å². The van der Waals surface area contributed by atoms with Gasteiger partial charge in [-0.25, -0.2) is 0 Å². The smallest absolute Gasteiger partial charge is 0.191 e. The van der Waals surface area contributed by atoms with Crippen LogP contribution in [-0.4, -0.2) is 23.6 Å². The summed E-state index contributed by atoms with van der Waals surface area (Å²) < 4.78 is 61.9. The molecule has 0 aromatic heterocycles. The van der Waals surface area contributed by atoms with Gasteiger partial charge in [0.25, 0.3) is 0 Å². The molecule has 0 aromatic carbocycles. The van der Waals surface area contributed by atoms with Crippen LogP contribution in [0.2, 0.25) is 0 Å². The first kappa shape index (κ1) is 15.7. The van der Waals surface area contributed by atoms with Crippen LogP contribution in [0.3, 0.4) is 0 Å². The number of alkyl halides is 5. The molecule has 0 bridgehead atoms. The maximum absolute atomic E-state index is 12.9. The number of rotatable bonds is 6. The molecule has 0 aliphatic heterocycles. The molecule has 0 rings (SSSR count). The van der Waals surface area contributed by atoms with Gasteiger partial charge in [-0.2, -0.15) is 33.7 Å². The highest BCUT2D eigenvalue weighted by molar-refractivity contribution is 7.99. The summed E-state index contributed by atoms with van der Waals surface area (Å²) in [6.45, 7) is 3.22. The van der Waals surface area contributed by atoms with E-state index in [-0.39, 0.29) is 12.2 Å². The van der Waals surface area contributed by atoms with Crippen LogP contribution in [0.4, 0.5) is 22.0 Å². The van der Waals surface area contributed by atoms with E-state index in [9.17, 15) is 22.0 Å². The lowest BCUT2D eigenvalue weighted by molar-refractivity contribution is -0.265. The third-order valence-corrected chi connectivity index (χ3v) is 3.04. The van der Waals surface area contributed by atoms with E-state index in [1.54, 1.807) is 0 Å². The van der Waals surface area contributed by atoms with Crippen molar-refractivity contribution < 1.29 is 22.0 Å². The lowest BCUT2D eigenvalue weighted by atomic mass is 10.1. The lowest BCUT2D eigenvalue weighted by Crippen LogP contribution is -2.38. The molecule has 0 N–H and O–H groups in total. The van der Waals surface area contributed by atoms with Gasteiger partial charge in [0, 0.05) is 11.3 Å². The van der Waals surface area contributed by atoms with Gasteiger partial charge in [0.15, 0.2) is 0 Å². The average molecular weight is 262 g/mol. The summed E-state index contributed by atoms with van der Waals surface area (Å²) in [6, 6.07) is 0. The molecule has 0 atom stereocenters. The molecule has 0 spiro atoms. The van der Waals surface area contributed by atoms with Crippen molar-refractivity contribution in [2.75, 3.05) is 11.5 Å². The molecule has 0 radical (unpaired) electrons. The molecule has 0 aliphatic rings. The Morgan fingerprint density at radius 3 is 2.06 bits per heavy atom. The Morgan fingerprint density at radius 2 is 1.69 bits per heavy atom. The predicted octanol–water partition coefficient (Wildman–Crippen LogP) is 4.66. The monoisotopic (exact) mass is 262 g/mol. The van der Waals surface area contributed by atoms with Gasteiger partial charge >= 0.3 is 12.1 Å². The van der Waals surface area contributed by atoms with E-state index in [1.807, 2.05) is 6.92 Å². The summed E-state index contributed by atoms with van der Waals surface area (Å²) in [4.78, 5) is 0. The zero-order chi connectivity index (χ0) is 12.8. The van der Waals surface area contributed by atoms with E-state index in [0.717, 1.165) is 18.2 Å². The minimum atomic E-state index is -5.50. The van der Waals surface area contributed by atoms with Crippen molar-refractivity contribution in [1.82, 2.24) is 0 Å². The van der Waals surface area contributed by atoms with E-state index in [4.69, 9.17) is 0 Å². The second kappa shape index (κ2) is 6.47. The van der Waals surface area contributed by atoms with E-state index in [0.29, 0.717) is 0 Å². The van der Waals surface area contributed by atoms with Crippen molar-refractivity contribution in [2.45, 2.75) is 38.8 Å². The Labute approximate surface area is 96.3 Å². The first-order chi connectivity index (χ1) is 7.27. The van der Waals surface area contributed by atoms with Gasteiger partial charge in [-0.1, -0.05) is 19.9 Å². The summed E-state index contributed by atoms with van der Waals surface area (Å²) in [5.41, 5.74) is -0.844. The van der Waals surface area contributed by atoms with Crippen LogP contribution in [0.1, 0.15) is 26.7 Å². The van der Waals surface area contributed by atoms with E-state index in [1.165, 1.54) is 18.7 Å². The Hall–Kier alpha value is -0.260. The van der Waals surface area contributed by atoms with Gasteiger partial charge in [-0.3, -0.25) is 0 Å². The average Bonchev–Trinajstić information content (AvgIpc) is 2.16. The van der Waals surface area contributed by atoms with Crippen LogP contribution >= 0.6 is 11.8 Å². The van der Waals surface area contributed by atoms with Crippen molar-refractivity contribution in [1.29, 1.82) is 0 Å². The quantitative estimate of drug-likeness (QED) is 0.381. The Bertz CT molecular complexity index is 232. The largest absolute Gasteiger partial charge is 0.457 e. The minimum Gasteiger partial charge on any atom is -0.191 e. The van der Waals surface area contributed by atoms with Gasteiger partial charge in [0.2, 0.25) is 0 Å². The molecule has 0 nitrogen and oxygen atoms in total. The zero-order valence-corrected chi connectivity index (χ0v) is 10.0. The summed E-state index contributed by atoms with van der Waals surface area (Å²) in [6.07, 6.45) is -3.92. The molecule has 0 aromatic rings. The fourth-order valence-electron chi connectivity index (χ4n) is 1.06. The molecule has 96 valence electrons. The van der Waals surface area contributed by atoms with E-state index >= 15 is 0 Å². The second-order valence-corrected chi connectivity index (χ2v) is 4.38. The highest BCUT2D eigenvalue weighted by atomic mass is 32.2. The molecule has 0 heterocycles. The third-order valence-electron chi connectivity index (χ3n) is 1.94. The Morgan fingerprint density at radius 1 is 1.12 bits per heavy atom. The summed E-state index contributed by atoms with van der Waals surface area (Å²) in [5.74, 6) is -3.75. The maximum Gasteiger partial charge on any atom is 0.457 e. The lowest BCUT2D eigenvalue weighted by Gasteiger charge is -2.21. The number of hydrogen-bond donors (Lipinski definition) is 0. The van der Waals surface area contributed by atoms with Crippen molar-refractivity contribution in [3.05, 3.63) is 11.6 Å². The first-order valence-corrected chi connectivity index (χ1v) is 6.14. The SMILES string of the molecule is CCCSCC=C(CC)C(F)(F)C(F)(F)F. The van der Waals surface area contributed by atoms with Crippen LogP contribution in [0.15, 0.2) is 11.6 Å². The third kappa shape index (κ3) is 4.31. The topological polar surface area (TPSA) is 0 Å². The highest BCUT2D eigenvalue weighted by Crippen LogP contribution is 2.42. The highest BCUT2D eigenvalue weighted by Gasteiger charge is 2.59. The molecular weight excluding hydrogens is 247 g/mol. The predicted molar refractivity (Wildman–Crippen MR) is 57.0 cm³/mol. The standard InChI is InChI=1S/C10H15F5S/c1-3-6-16-7-5-8(4-2)9(11,12)10(13,14)15/h5H,3-4,6-7H2,1-2H3. The van der Waals surface area contributed by atoms with Gasteiger partial charge in [0.05, 0.1) is 0 Å². The molecule has 6 heteroatoms. The first-order valence-electron chi connectivity index (χ1n) is 4.99. The molecule has 16 heavy (non-hydrogen) atoms. The number of hydrogen-bond acceptors (Lipinski definition) is 1. The van der Waals surface area contributed by atoms with Crippen molar-refractivity contribution in [3.8, 4) is 0 Å². The van der Waals surface area contributed by atoms with Crippen LogP contribution in [0.25, 0.3) is 0 Å². The fraction of sp³-hybridized carbons (Fsp3) is 0.800. The van der Waals surface area contributed by atoms with Crippen molar-refractivity contribution >= 4 is 11.8 Å². The maximum atomic E-state index is 12.9. The molecule has 0 aliphatic carbocycles. The van der Waals surface area contributed by atoms with Crippen LogP contribution < -0.4 is 0 Å². The van der Waals surface area contributed by atoms with Gasteiger partial charge in [0.1, 0.15) is 0 Å². The Kier molecular flexibility index (Phi) is 6.36. The van der Waals surface area contributed by atoms with Crippen molar-refractivity contribution in [2.24, 2.45) is 0 Å². The summed E-state index contributed by atoms with van der Waals surface area (Å²) >= 11 is 1.35. The number of thioether (sulfide) groups is 1. The van der Waals surface area contributed by atoms with Gasteiger partial charge in [-0.15, -0.1) is 0 Å². The zero-order valence-electron chi connectivity index (χ0n) is 9.20. The minimum absolute atomic E-state index is 0.197. The molecule has 0 fully saturated rings. The van der Waals surface area contributed by atoms with Crippen LogP contribution in [0, 0.1) is 0 Å². The fourth-order valence-corrected chi connectivity index (χ4v) is 1.84. The number of halogens is 5. The normalized spacial score (nSPS) is 14.3. The molecule has 0 saturated heterocycles. The summed E-state index contributed by atoms with van der Waals surface area (Å²) in [7, 11) is 0. The molecule has 0 unspecified atom stereocenters. The van der Waals surface area contributed by atoms with E-state index in [2.05, 4.69) is 0 Å². The van der Waals surface area contributed by atoms with Crippen molar-refractivity contribution in [3.63, 3.8) is 0 Å². The van der Waals surface area contributed by atoms with Crippen LogP contribution in [0.5, 0.6) is 0 Å². The van der Waals surface area contributed by atoms with Gasteiger partial charge in [-0.05, 0) is 18.6 Å². The molecular formula is C10H15F5S. The second-order valence-electron chi connectivity index (χ2n) is 3.23. The molecule has 0 saturated carbocycles. The molecule has 0 amide bonds. The van der Waals surface area contributed by atoms with Gasteiger partial charge < -0.3 is 0 Å². The Balaban J connectivity index is 4.59.